The molecule has 0 radical (unpaired) electrons. The summed E-state index contributed by atoms with van der Waals surface area (Å²) in [6, 6.07) is 12.0. The summed E-state index contributed by atoms with van der Waals surface area (Å²) in [6.45, 7) is 1.92. The van der Waals surface area contributed by atoms with Crippen LogP contribution in [0, 0.1) is 11.3 Å². The molecule has 0 aliphatic carbocycles. The molecule has 3 heterocycles. The molecule has 15 heteroatoms. The van der Waals surface area contributed by atoms with Crippen LogP contribution in [-0.4, -0.2) is 80.6 Å². The quantitative estimate of drug-likeness (QED) is 0.240. The van der Waals surface area contributed by atoms with Crippen molar-refractivity contribution < 1.29 is 27.4 Å². The van der Waals surface area contributed by atoms with Crippen molar-refractivity contribution in [2.75, 3.05) is 32.1 Å². The number of ether oxygens (including phenoxy) is 2. The van der Waals surface area contributed by atoms with Crippen molar-refractivity contribution in [3.05, 3.63) is 72.6 Å². The molecule has 12 nitrogen and oxygen atoms in total. The molecular weight excluding hydrogens is 603 g/mol. The summed E-state index contributed by atoms with van der Waals surface area (Å²) in [5.41, 5.74) is 2.73. The van der Waals surface area contributed by atoms with Gasteiger partial charge in [-0.15, -0.1) is 0 Å². The standard InChI is InChI=1S/C31H32F3N9O3/c1-20(16-43-19-36-18-39-43)46-27-11-21(3-4-23(27)13-35)24-14-37-30(38-15-24)41-26-6-5-22(12-28(26)45-2)29(44)40-25-7-9-42(10-8-25)17-31(32,33)34/h3-6,11-12,14-15,18-20,25H,7-10,16-17H2,1-2H3,(H,40,44)(H,37,38,41)/t20-/m0/s1. The van der Waals surface area contributed by atoms with Gasteiger partial charge >= 0.3 is 6.18 Å². The highest BCUT2D eigenvalue weighted by Gasteiger charge is 2.32. The normalized spacial score (nSPS) is 14.7. The van der Waals surface area contributed by atoms with E-state index in [0.717, 1.165) is 5.56 Å². The Morgan fingerprint density at radius 3 is 2.52 bits per heavy atom. The Morgan fingerprint density at radius 1 is 1.11 bits per heavy atom. The van der Waals surface area contributed by atoms with Gasteiger partial charge in [-0.2, -0.15) is 23.5 Å². The Balaban J connectivity index is 1.20. The van der Waals surface area contributed by atoms with Crippen LogP contribution in [0.5, 0.6) is 11.5 Å². The molecule has 2 aromatic heterocycles. The molecule has 46 heavy (non-hydrogen) atoms. The fourth-order valence-corrected chi connectivity index (χ4v) is 5.09. The molecule has 1 aliphatic heterocycles. The zero-order valence-corrected chi connectivity index (χ0v) is 25.2. The number of nitriles is 1. The van der Waals surface area contributed by atoms with Gasteiger partial charge in [-0.3, -0.25) is 9.69 Å². The number of hydrogen-bond donors (Lipinski definition) is 2. The van der Waals surface area contributed by atoms with E-state index in [0.29, 0.717) is 53.3 Å². The van der Waals surface area contributed by atoms with E-state index in [2.05, 4.69) is 36.8 Å². The average molecular weight is 636 g/mol. The van der Waals surface area contributed by atoms with Gasteiger partial charge in [0.25, 0.3) is 5.91 Å². The SMILES string of the molecule is COc1cc(C(=O)NC2CCN(CC(F)(F)F)CC2)ccc1Nc1ncc(-c2ccc(C#N)c(O[C@@H](C)Cn3cncn3)c2)cn1. The summed E-state index contributed by atoms with van der Waals surface area (Å²) in [7, 11) is 1.47. The zero-order valence-electron chi connectivity index (χ0n) is 25.2. The zero-order chi connectivity index (χ0) is 32.7. The number of carbonyl (C=O) groups is 1. The van der Waals surface area contributed by atoms with Crippen LogP contribution in [0.1, 0.15) is 35.7 Å². The number of aromatic nitrogens is 5. The van der Waals surface area contributed by atoms with Gasteiger partial charge in [-0.25, -0.2) is 19.6 Å². The van der Waals surface area contributed by atoms with Gasteiger partial charge in [0.15, 0.2) is 0 Å². The summed E-state index contributed by atoms with van der Waals surface area (Å²) in [5.74, 6) is 0.763. The fourth-order valence-electron chi connectivity index (χ4n) is 5.09. The van der Waals surface area contributed by atoms with Crippen LogP contribution in [0.3, 0.4) is 0 Å². The lowest BCUT2D eigenvalue weighted by atomic mass is 10.0. The number of methoxy groups -OCH3 is 1. The van der Waals surface area contributed by atoms with Gasteiger partial charge in [0.1, 0.15) is 36.3 Å². The molecule has 1 atom stereocenters. The molecular formula is C31H32F3N9O3. The molecule has 1 amide bonds. The van der Waals surface area contributed by atoms with Crippen LogP contribution in [0.15, 0.2) is 61.4 Å². The first-order valence-corrected chi connectivity index (χ1v) is 14.5. The highest BCUT2D eigenvalue weighted by Crippen LogP contribution is 2.30. The first-order chi connectivity index (χ1) is 22.1. The number of alkyl halides is 3. The van der Waals surface area contributed by atoms with Crippen molar-refractivity contribution in [3.63, 3.8) is 0 Å². The second-order valence-electron chi connectivity index (χ2n) is 10.8. The Bertz CT molecular complexity index is 1670. The summed E-state index contributed by atoms with van der Waals surface area (Å²) in [4.78, 5) is 27.0. The number of nitrogens with zero attached hydrogens (tertiary/aromatic N) is 7. The van der Waals surface area contributed by atoms with Crippen LogP contribution in [0.25, 0.3) is 11.1 Å². The highest BCUT2D eigenvalue weighted by atomic mass is 19.4. The number of carbonyl (C=O) groups excluding carboxylic acids is 1. The van der Waals surface area contributed by atoms with Gasteiger partial charge in [-0.05, 0) is 55.7 Å². The number of hydrogen-bond acceptors (Lipinski definition) is 10. The van der Waals surface area contributed by atoms with Crippen LogP contribution < -0.4 is 20.1 Å². The molecule has 1 saturated heterocycles. The number of benzene rings is 2. The largest absolute Gasteiger partial charge is 0.495 e. The number of halogens is 3. The van der Waals surface area contributed by atoms with Crippen molar-refractivity contribution >= 4 is 17.5 Å². The number of rotatable bonds is 11. The second-order valence-corrected chi connectivity index (χ2v) is 10.8. The second kappa shape index (κ2) is 14.2. The van der Waals surface area contributed by atoms with E-state index in [1.165, 1.54) is 18.3 Å². The monoisotopic (exact) mass is 635 g/mol. The number of likely N-dealkylation sites (tertiary alicyclic amines) is 1. The van der Waals surface area contributed by atoms with Crippen LogP contribution in [-0.2, 0) is 6.54 Å². The number of amides is 1. The molecule has 0 spiro atoms. The van der Waals surface area contributed by atoms with Crippen molar-refractivity contribution in [1.29, 1.82) is 5.26 Å². The topological polar surface area (TPSA) is 143 Å². The number of anilines is 2. The van der Waals surface area contributed by atoms with Gasteiger partial charge in [0.2, 0.25) is 5.95 Å². The molecule has 2 N–H and O–H groups in total. The molecule has 1 aliphatic rings. The van der Waals surface area contributed by atoms with Gasteiger partial charge in [0.05, 0.1) is 31.5 Å². The lowest BCUT2D eigenvalue weighted by Gasteiger charge is -2.32. The summed E-state index contributed by atoms with van der Waals surface area (Å²) < 4.78 is 51.2. The fraction of sp³-hybridized carbons (Fsp3) is 0.355. The molecule has 2 aromatic carbocycles. The maximum Gasteiger partial charge on any atom is 0.401 e. The van der Waals surface area contributed by atoms with Crippen LogP contribution >= 0.6 is 0 Å². The average Bonchev–Trinajstić information content (AvgIpc) is 3.54. The van der Waals surface area contributed by atoms with E-state index in [-0.39, 0.29) is 37.1 Å². The minimum Gasteiger partial charge on any atom is -0.495 e. The van der Waals surface area contributed by atoms with Crippen LogP contribution in [0.4, 0.5) is 24.8 Å². The molecule has 4 aromatic rings. The summed E-state index contributed by atoms with van der Waals surface area (Å²) >= 11 is 0. The van der Waals surface area contributed by atoms with E-state index < -0.39 is 12.7 Å². The summed E-state index contributed by atoms with van der Waals surface area (Å²) in [5, 5.41) is 19.7. The van der Waals surface area contributed by atoms with E-state index in [9.17, 15) is 23.2 Å². The van der Waals surface area contributed by atoms with Gasteiger partial charge < -0.3 is 20.1 Å². The highest BCUT2D eigenvalue weighted by molar-refractivity contribution is 5.95. The Labute approximate surface area is 263 Å². The predicted molar refractivity (Wildman–Crippen MR) is 162 cm³/mol. The van der Waals surface area contributed by atoms with E-state index in [4.69, 9.17) is 9.47 Å². The molecule has 5 rings (SSSR count). The molecule has 0 bridgehead atoms. The van der Waals surface area contributed by atoms with Crippen LogP contribution in [0.2, 0.25) is 0 Å². The first-order valence-electron chi connectivity index (χ1n) is 14.5. The Morgan fingerprint density at radius 2 is 1.87 bits per heavy atom. The van der Waals surface area contributed by atoms with Gasteiger partial charge in [0, 0.05) is 42.7 Å². The molecule has 0 unspecified atom stereocenters. The number of piperidine rings is 1. The first kappa shape index (κ1) is 32.2. The van der Waals surface area contributed by atoms with E-state index in [1.807, 2.05) is 6.92 Å². The van der Waals surface area contributed by atoms with Crippen molar-refractivity contribution in [2.24, 2.45) is 0 Å². The lowest BCUT2D eigenvalue weighted by Crippen LogP contribution is -2.47. The minimum atomic E-state index is -4.24. The molecule has 1 fully saturated rings. The maximum atomic E-state index is 12.9. The third-order valence-corrected chi connectivity index (χ3v) is 7.36. The summed E-state index contributed by atoms with van der Waals surface area (Å²) in [6.07, 6.45) is 2.66. The smallest absolute Gasteiger partial charge is 0.401 e. The van der Waals surface area contributed by atoms with Crippen molar-refractivity contribution in [2.45, 2.75) is 44.6 Å². The minimum absolute atomic E-state index is 0.213. The molecule has 0 saturated carbocycles. The van der Waals surface area contributed by atoms with Gasteiger partial charge in [-0.1, -0.05) is 6.07 Å². The third-order valence-electron chi connectivity index (χ3n) is 7.36. The predicted octanol–water partition coefficient (Wildman–Crippen LogP) is 4.58. The van der Waals surface area contributed by atoms with Crippen molar-refractivity contribution in [1.82, 2.24) is 34.9 Å². The van der Waals surface area contributed by atoms with Crippen molar-refractivity contribution in [3.8, 4) is 28.7 Å². The maximum absolute atomic E-state index is 12.9. The van der Waals surface area contributed by atoms with E-state index >= 15 is 0 Å². The van der Waals surface area contributed by atoms with E-state index in [1.54, 1.807) is 59.8 Å². The lowest BCUT2D eigenvalue weighted by molar-refractivity contribution is -0.148. The Kier molecular flexibility index (Phi) is 9.97. The third kappa shape index (κ3) is 8.48. The molecule has 240 valence electrons. The number of nitrogens with one attached hydrogen (secondary N) is 2. The Hall–Kier alpha value is -5.23.